The standard InChI is InChI=1S/2C18H33N3O2.3C17H31N3O2.C16H29N3O2/c1-8-12-21(11-4)18(7,10-3)14(6)19-17(22)16-13(5)15(9-2)23-20-16;1-8-15-13(6)16(20-23-15)17(22)19-14(7)18(9-2,10-3)21(11-4)12-5;1-8-11-20(10-3)17(6,7)13(5)18-16(21)15-12(4)14(9-2)22-19-15;1-7-11-20(10-4)17(6,9-3)13(5)18-16(21)15-12-14(8-2)22-19-15;1-7-14-12-15(19-22-14)16(21)18-13(6)17(8-2,9-3)20(10-4)11-5;1-7-10-19(9-3)16(5,6)12(4)17-15(20)14-11-13(8-2)21-18-14/h2*14H,8-12H2,1-7H3,(H,19,22);13H,8-11H2,1-7H3,(H,18,21);2*12-13H,7-11H2,1-6H3,(H,18,21);11-12H,7-10H2,1-6H3,(H,17,20). The molecule has 0 aliphatic heterocycles. The van der Waals surface area contributed by atoms with E-state index in [0.29, 0.717) is 34.2 Å². The van der Waals surface area contributed by atoms with Crippen LogP contribution in [0.5, 0.6) is 0 Å². The van der Waals surface area contributed by atoms with Gasteiger partial charge in [0.25, 0.3) is 35.4 Å². The molecule has 0 saturated carbocycles. The topological polar surface area (TPSA) is 350 Å². The summed E-state index contributed by atoms with van der Waals surface area (Å²) in [4.78, 5) is 89.3. The summed E-state index contributed by atoms with van der Waals surface area (Å²) in [6.45, 7) is 94.2. The number of nitrogens with zero attached hydrogens (tertiary/aromatic N) is 12. The molecule has 0 aromatic carbocycles. The SMILES string of the molecule is CCCN(CC)C(C)(C)C(C)NC(=O)c1cc(CC)on1.CCCN(CC)C(C)(C)C(C)NC(=O)c1noc(CC)c1C.CCCN(CC)C(C)(CC)C(C)NC(=O)c1cc(CC)on1.CCCN(CC)C(C)(CC)C(C)NC(=O)c1noc(CC)c1C.CCc1cc(C(=O)NC(C)C(CC)(CC)N(CC)CC)no1.CCc1onc(C(=O)NC(C)C(CC)(CC)N(CC)CC)c1C. The third kappa shape index (κ3) is 33.1. The highest BCUT2D eigenvalue weighted by atomic mass is 16.5. The van der Waals surface area contributed by atoms with E-state index in [0.717, 1.165) is 233 Å². The maximum absolute atomic E-state index is 12.6. The Kier molecular flexibility index (Phi) is 55.8. The van der Waals surface area contributed by atoms with Crippen LogP contribution < -0.4 is 31.9 Å². The number of hydrogen-bond donors (Lipinski definition) is 6. The monoisotopic (exact) mass is 1870 g/mol. The van der Waals surface area contributed by atoms with Gasteiger partial charge in [0.1, 0.15) is 34.6 Å². The predicted molar refractivity (Wildman–Crippen MR) is 539 cm³/mol. The molecule has 0 radical (unpaired) electrons. The van der Waals surface area contributed by atoms with E-state index in [4.69, 9.17) is 27.1 Å². The lowest BCUT2D eigenvalue weighted by molar-refractivity contribution is 0.0501. The zero-order chi connectivity index (χ0) is 102. The Balaban J connectivity index is 0.000000798. The minimum absolute atomic E-state index is 0.00711. The van der Waals surface area contributed by atoms with Gasteiger partial charge in [-0.3, -0.25) is 58.2 Å². The van der Waals surface area contributed by atoms with Crippen molar-refractivity contribution in [2.24, 2.45) is 0 Å². The van der Waals surface area contributed by atoms with Gasteiger partial charge in [0, 0.05) is 143 Å². The number of rotatable bonds is 52. The zero-order valence-corrected chi connectivity index (χ0v) is 90.8. The number of aryl methyl sites for hydroxylation is 6. The summed E-state index contributed by atoms with van der Waals surface area (Å²) >= 11 is 0. The molecule has 6 aromatic rings. The lowest BCUT2D eigenvalue weighted by atomic mass is 9.83. The molecule has 0 saturated heterocycles. The molecular weight excluding hydrogens is 1680 g/mol. The summed E-state index contributed by atoms with van der Waals surface area (Å²) in [7, 11) is 0. The molecule has 30 heteroatoms. The van der Waals surface area contributed by atoms with Gasteiger partial charge in [-0.15, -0.1) is 0 Å². The van der Waals surface area contributed by atoms with E-state index in [2.05, 4.69) is 286 Å². The second-order valence-corrected chi connectivity index (χ2v) is 36.6. The first-order chi connectivity index (χ1) is 62.8. The number of carbonyl (C=O) groups excluding carboxylic acids is 6. The van der Waals surface area contributed by atoms with Crippen LogP contribution in [-0.4, -0.2) is 244 Å². The maximum atomic E-state index is 12.6. The molecule has 30 nitrogen and oxygen atoms in total. The normalized spacial score (nSPS) is 14.1. The van der Waals surface area contributed by atoms with E-state index >= 15 is 0 Å². The number of amides is 6. The molecule has 8 atom stereocenters. The van der Waals surface area contributed by atoms with E-state index in [-0.39, 0.29) is 105 Å². The van der Waals surface area contributed by atoms with Crippen molar-refractivity contribution in [2.75, 3.05) is 78.5 Å². The van der Waals surface area contributed by atoms with Gasteiger partial charge in [-0.1, -0.05) is 197 Å². The van der Waals surface area contributed by atoms with Gasteiger partial charge >= 0.3 is 0 Å². The highest BCUT2D eigenvalue weighted by Crippen LogP contribution is 2.33. The molecular formula is C103H188N18O12. The molecule has 6 aromatic heterocycles. The Morgan fingerprint density at radius 1 is 0.278 bits per heavy atom. The number of hydrogen-bond acceptors (Lipinski definition) is 24. The molecule has 6 heterocycles. The van der Waals surface area contributed by atoms with Gasteiger partial charge in [0.05, 0.1) is 0 Å². The lowest BCUT2D eigenvalue weighted by Crippen LogP contribution is -2.60. The predicted octanol–water partition coefficient (Wildman–Crippen LogP) is 19.7. The maximum Gasteiger partial charge on any atom is 0.274 e. The first-order valence-electron chi connectivity index (χ1n) is 50.9. The minimum atomic E-state index is -0.174. The van der Waals surface area contributed by atoms with Crippen molar-refractivity contribution in [3.05, 3.63) is 104 Å². The molecule has 0 bridgehead atoms. The molecule has 6 rings (SSSR count). The van der Waals surface area contributed by atoms with E-state index in [1.54, 1.807) is 18.2 Å². The van der Waals surface area contributed by atoms with Crippen LogP contribution >= 0.6 is 0 Å². The Hall–Kier alpha value is -8.16. The second-order valence-electron chi connectivity index (χ2n) is 36.6. The van der Waals surface area contributed by atoms with E-state index in [9.17, 15) is 28.8 Å². The van der Waals surface area contributed by atoms with Crippen LogP contribution in [0, 0.1) is 20.8 Å². The van der Waals surface area contributed by atoms with Crippen LogP contribution in [0.1, 0.15) is 428 Å². The molecule has 133 heavy (non-hydrogen) atoms. The summed E-state index contributed by atoms with van der Waals surface area (Å²) in [6, 6.07) is 5.28. The van der Waals surface area contributed by atoms with Gasteiger partial charge in [-0.2, -0.15) is 0 Å². The Bertz CT molecular complexity index is 4270. The first kappa shape index (κ1) is 123. The van der Waals surface area contributed by atoms with Crippen molar-refractivity contribution in [1.29, 1.82) is 0 Å². The molecule has 8 unspecified atom stereocenters. The molecule has 0 aliphatic carbocycles. The Morgan fingerprint density at radius 2 is 0.496 bits per heavy atom. The average molecular weight is 1870 g/mol. The number of aromatic nitrogens is 6. The van der Waals surface area contributed by atoms with Crippen LogP contribution in [-0.2, 0) is 38.5 Å². The Morgan fingerprint density at radius 3 is 0.699 bits per heavy atom. The van der Waals surface area contributed by atoms with E-state index in [1.165, 1.54) is 0 Å². The van der Waals surface area contributed by atoms with Crippen LogP contribution in [0.4, 0.5) is 0 Å². The quantitative estimate of drug-likeness (QED) is 0.0207. The highest BCUT2D eigenvalue weighted by molar-refractivity contribution is 5.96. The van der Waals surface area contributed by atoms with Crippen LogP contribution in [0.2, 0.25) is 0 Å². The summed E-state index contributed by atoms with van der Waals surface area (Å²) in [5.41, 5.74) is 4.38. The fraction of sp³-hybridized carbons (Fsp3) is 0.767. The second kappa shape index (κ2) is 60.4. The van der Waals surface area contributed by atoms with E-state index in [1.807, 2.05) is 76.2 Å². The molecule has 0 aliphatic rings. The van der Waals surface area contributed by atoms with Crippen LogP contribution in [0.25, 0.3) is 0 Å². The summed E-state index contributed by atoms with van der Waals surface area (Å²) < 4.78 is 31.0. The van der Waals surface area contributed by atoms with Crippen molar-refractivity contribution in [2.45, 2.75) is 442 Å². The first-order valence-corrected chi connectivity index (χ1v) is 50.9. The molecule has 762 valence electrons. The van der Waals surface area contributed by atoms with Crippen molar-refractivity contribution in [3.8, 4) is 0 Å². The van der Waals surface area contributed by atoms with Crippen LogP contribution in [0.15, 0.2) is 45.3 Å². The fourth-order valence-electron chi connectivity index (χ4n) is 18.4. The summed E-state index contributed by atoms with van der Waals surface area (Å²) in [5, 5.41) is 42.0. The third-order valence-corrected chi connectivity index (χ3v) is 29.0. The zero-order valence-electron chi connectivity index (χ0n) is 90.8. The Labute approximate surface area is 803 Å². The van der Waals surface area contributed by atoms with Gasteiger partial charge < -0.3 is 59.0 Å². The lowest BCUT2D eigenvalue weighted by Gasteiger charge is -2.46. The van der Waals surface area contributed by atoms with Crippen molar-refractivity contribution in [1.82, 2.24) is 92.2 Å². The summed E-state index contributed by atoms with van der Waals surface area (Å²) in [6.07, 6.45) is 14.8. The summed E-state index contributed by atoms with van der Waals surface area (Å²) in [5.74, 6) is 3.59. The van der Waals surface area contributed by atoms with Crippen molar-refractivity contribution >= 4 is 35.4 Å². The van der Waals surface area contributed by atoms with Gasteiger partial charge in [-0.05, 0) is 247 Å². The smallest absolute Gasteiger partial charge is 0.274 e. The number of likely N-dealkylation sites (N-methyl/N-ethyl adjacent to an activating group) is 6. The molecule has 6 amide bonds. The third-order valence-electron chi connectivity index (χ3n) is 29.0. The van der Waals surface area contributed by atoms with E-state index < -0.39 is 0 Å². The largest absolute Gasteiger partial charge is 0.361 e. The molecule has 0 spiro atoms. The van der Waals surface area contributed by atoms with Gasteiger partial charge in [0.15, 0.2) is 34.2 Å². The molecule has 6 N–H and O–H groups in total. The number of nitrogens with one attached hydrogen (secondary N) is 6. The minimum Gasteiger partial charge on any atom is -0.361 e. The highest BCUT2D eigenvalue weighted by Gasteiger charge is 2.43. The molecule has 0 fully saturated rings. The van der Waals surface area contributed by atoms with Crippen molar-refractivity contribution in [3.63, 3.8) is 0 Å². The fourth-order valence-corrected chi connectivity index (χ4v) is 18.4. The van der Waals surface area contributed by atoms with Crippen LogP contribution in [0.3, 0.4) is 0 Å². The van der Waals surface area contributed by atoms with Crippen molar-refractivity contribution < 1.29 is 55.9 Å². The number of carbonyl (C=O) groups is 6. The van der Waals surface area contributed by atoms with Gasteiger partial charge in [-0.25, -0.2) is 0 Å². The average Bonchev–Trinajstić information content (AvgIpc) is 1.80. The van der Waals surface area contributed by atoms with Gasteiger partial charge in [0.2, 0.25) is 0 Å².